The summed E-state index contributed by atoms with van der Waals surface area (Å²) < 4.78 is 0. The summed E-state index contributed by atoms with van der Waals surface area (Å²) >= 11 is 0. The van der Waals surface area contributed by atoms with Gasteiger partial charge in [0.15, 0.2) is 0 Å². The molecule has 0 bridgehead atoms. The Kier molecular flexibility index (Phi) is 3.32. The Morgan fingerprint density at radius 3 is 3.18 bits per heavy atom. The van der Waals surface area contributed by atoms with Gasteiger partial charge >= 0.3 is 0 Å². The van der Waals surface area contributed by atoms with Crippen molar-refractivity contribution < 1.29 is 4.79 Å². The maximum Gasteiger partial charge on any atom is 0.208 e. The minimum atomic E-state index is 0.613. The van der Waals surface area contributed by atoms with Crippen molar-refractivity contribution in [2.75, 3.05) is 19.9 Å². The van der Waals surface area contributed by atoms with Gasteiger partial charge in [0.2, 0.25) is 6.41 Å². The zero-order chi connectivity index (χ0) is 8.10. The van der Waals surface area contributed by atoms with E-state index in [4.69, 9.17) is 0 Å². The van der Waals surface area contributed by atoms with Crippen molar-refractivity contribution in [1.82, 2.24) is 15.5 Å². The maximum atomic E-state index is 9.95. The van der Waals surface area contributed by atoms with E-state index >= 15 is 0 Å². The molecule has 2 N–H and O–H groups in total. The second-order valence-corrected chi connectivity index (χ2v) is 2.93. The molecule has 0 aromatic carbocycles. The molecule has 1 amide bonds. The lowest BCUT2D eigenvalue weighted by Crippen LogP contribution is -2.49. The summed E-state index contributed by atoms with van der Waals surface area (Å²) in [6.07, 6.45) is 1.89. The van der Waals surface area contributed by atoms with E-state index in [-0.39, 0.29) is 0 Å². The SMILES string of the molecule is CC1CCN(CNC=O)CN1. The normalized spacial score (nSPS) is 26.5. The van der Waals surface area contributed by atoms with Crippen molar-refractivity contribution in [2.24, 2.45) is 0 Å². The van der Waals surface area contributed by atoms with Gasteiger partial charge in [-0.05, 0) is 13.3 Å². The van der Waals surface area contributed by atoms with Gasteiger partial charge in [0.1, 0.15) is 0 Å². The summed E-state index contributed by atoms with van der Waals surface area (Å²) in [5.74, 6) is 0. The predicted octanol–water partition coefficient (Wildman–Crippen LogP) is -0.669. The third kappa shape index (κ3) is 2.86. The lowest BCUT2D eigenvalue weighted by atomic mass is 10.2. The van der Waals surface area contributed by atoms with E-state index in [1.54, 1.807) is 0 Å². The van der Waals surface area contributed by atoms with Gasteiger partial charge < -0.3 is 10.6 Å². The fraction of sp³-hybridized carbons (Fsp3) is 0.857. The van der Waals surface area contributed by atoms with Crippen LogP contribution in [0.3, 0.4) is 0 Å². The largest absolute Gasteiger partial charge is 0.346 e. The highest BCUT2D eigenvalue weighted by Crippen LogP contribution is 1.99. The molecule has 11 heavy (non-hydrogen) atoms. The van der Waals surface area contributed by atoms with Gasteiger partial charge in [-0.25, -0.2) is 0 Å². The minimum Gasteiger partial charge on any atom is -0.346 e. The van der Waals surface area contributed by atoms with Crippen LogP contribution in [-0.2, 0) is 4.79 Å². The number of rotatable bonds is 3. The molecule has 1 aliphatic rings. The summed E-state index contributed by atoms with van der Waals surface area (Å²) in [5, 5.41) is 5.95. The van der Waals surface area contributed by atoms with Crippen molar-refractivity contribution in [3.05, 3.63) is 0 Å². The number of carbonyl (C=O) groups excluding carboxylic acids is 1. The second kappa shape index (κ2) is 4.31. The van der Waals surface area contributed by atoms with Crippen LogP contribution in [0.5, 0.6) is 0 Å². The molecule has 1 heterocycles. The molecule has 1 atom stereocenters. The predicted molar refractivity (Wildman–Crippen MR) is 42.9 cm³/mol. The Morgan fingerprint density at radius 1 is 1.82 bits per heavy atom. The van der Waals surface area contributed by atoms with Gasteiger partial charge in [-0.3, -0.25) is 9.69 Å². The summed E-state index contributed by atoms with van der Waals surface area (Å²) in [6.45, 7) is 4.77. The summed E-state index contributed by atoms with van der Waals surface area (Å²) in [6, 6.07) is 0.613. The quantitative estimate of drug-likeness (QED) is 0.534. The average molecular weight is 157 g/mol. The lowest BCUT2D eigenvalue weighted by Gasteiger charge is -2.30. The van der Waals surface area contributed by atoms with Gasteiger partial charge in [-0.2, -0.15) is 0 Å². The van der Waals surface area contributed by atoms with Gasteiger partial charge in [0, 0.05) is 19.3 Å². The molecule has 1 aliphatic heterocycles. The number of hydrogen-bond donors (Lipinski definition) is 2. The number of nitrogens with zero attached hydrogens (tertiary/aromatic N) is 1. The lowest BCUT2D eigenvalue weighted by molar-refractivity contribution is -0.110. The van der Waals surface area contributed by atoms with E-state index in [2.05, 4.69) is 22.5 Å². The van der Waals surface area contributed by atoms with Crippen LogP contribution in [0.4, 0.5) is 0 Å². The second-order valence-electron chi connectivity index (χ2n) is 2.93. The Hall–Kier alpha value is -0.610. The average Bonchev–Trinajstić information content (AvgIpc) is 2.04. The number of carbonyl (C=O) groups is 1. The maximum absolute atomic E-state index is 9.95. The third-order valence-corrected chi connectivity index (χ3v) is 1.94. The first-order chi connectivity index (χ1) is 5.33. The standard InChI is InChI=1S/C7H15N3O/c1-7-2-3-10(5-9-7)4-8-6-11/h6-7,9H,2-5H2,1H3,(H,8,11). The monoisotopic (exact) mass is 157 g/mol. The van der Waals surface area contributed by atoms with Crippen LogP contribution in [0.1, 0.15) is 13.3 Å². The van der Waals surface area contributed by atoms with Crippen LogP contribution in [0, 0.1) is 0 Å². The van der Waals surface area contributed by atoms with E-state index in [0.29, 0.717) is 12.7 Å². The van der Waals surface area contributed by atoms with E-state index in [9.17, 15) is 4.79 Å². The topological polar surface area (TPSA) is 44.4 Å². The minimum absolute atomic E-state index is 0.613. The highest BCUT2D eigenvalue weighted by atomic mass is 16.1. The first-order valence-corrected chi connectivity index (χ1v) is 3.95. The number of amides is 1. The number of nitrogens with one attached hydrogen (secondary N) is 2. The molecule has 1 rings (SSSR count). The summed E-state index contributed by atoms with van der Waals surface area (Å²) in [5.41, 5.74) is 0. The Balaban J connectivity index is 2.12. The molecule has 1 unspecified atom stereocenters. The van der Waals surface area contributed by atoms with Crippen LogP contribution in [-0.4, -0.2) is 37.2 Å². The zero-order valence-electron chi connectivity index (χ0n) is 6.84. The smallest absolute Gasteiger partial charge is 0.208 e. The van der Waals surface area contributed by atoms with Crippen molar-refractivity contribution >= 4 is 6.41 Å². The molecule has 0 aromatic rings. The van der Waals surface area contributed by atoms with Crippen molar-refractivity contribution in [3.8, 4) is 0 Å². The molecular formula is C7H15N3O. The Morgan fingerprint density at radius 2 is 2.64 bits per heavy atom. The Labute approximate surface area is 66.9 Å². The molecular weight excluding hydrogens is 142 g/mol. The van der Waals surface area contributed by atoms with E-state index < -0.39 is 0 Å². The van der Waals surface area contributed by atoms with Crippen molar-refractivity contribution in [1.29, 1.82) is 0 Å². The molecule has 4 nitrogen and oxygen atoms in total. The molecule has 0 saturated carbocycles. The van der Waals surface area contributed by atoms with Crippen LogP contribution >= 0.6 is 0 Å². The van der Waals surface area contributed by atoms with Gasteiger partial charge in [-0.1, -0.05) is 0 Å². The van der Waals surface area contributed by atoms with Crippen LogP contribution in [0.2, 0.25) is 0 Å². The molecule has 0 spiro atoms. The zero-order valence-corrected chi connectivity index (χ0v) is 6.84. The van der Waals surface area contributed by atoms with Gasteiger partial charge in [-0.15, -0.1) is 0 Å². The third-order valence-electron chi connectivity index (χ3n) is 1.94. The fourth-order valence-electron chi connectivity index (χ4n) is 1.14. The van der Waals surface area contributed by atoms with Crippen LogP contribution in [0.15, 0.2) is 0 Å². The molecule has 0 radical (unpaired) electrons. The van der Waals surface area contributed by atoms with E-state index in [0.717, 1.165) is 26.0 Å². The van der Waals surface area contributed by atoms with Crippen LogP contribution in [0.25, 0.3) is 0 Å². The summed E-state index contributed by atoms with van der Waals surface area (Å²) in [7, 11) is 0. The summed E-state index contributed by atoms with van der Waals surface area (Å²) in [4.78, 5) is 12.1. The Bertz CT molecular complexity index is 121. The highest BCUT2D eigenvalue weighted by Gasteiger charge is 2.13. The molecule has 64 valence electrons. The van der Waals surface area contributed by atoms with Crippen molar-refractivity contribution in [3.63, 3.8) is 0 Å². The molecule has 4 heteroatoms. The molecule has 0 aromatic heterocycles. The highest BCUT2D eigenvalue weighted by molar-refractivity contribution is 5.45. The van der Waals surface area contributed by atoms with Crippen molar-refractivity contribution in [2.45, 2.75) is 19.4 Å². The van der Waals surface area contributed by atoms with Gasteiger partial charge in [0.25, 0.3) is 0 Å². The molecule has 1 fully saturated rings. The molecule has 1 saturated heterocycles. The van der Waals surface area contributed by atoms with Gasteiger partial charge in [0.05, 0.1) is 6.67 Å². The first kappa shape index (κ1) is 8.49. The van der Waals surface area contributed by atoms with Crippen LogP contribution < -0.4 is 10.6 Å². The van der Waals surface area contributed by atoms with E-state index in [1.165, 1.54) is 0 Å². The fourth-order valence-corrected chi connectivity index (χ4v) is 1.14. The first-order valence-electron chi connectivity index (χ1n) is 3.95. The molecule has 0 aliphatic carbocycles. The van der Waals surface area contributed by atoms with E-state index in [1.807, 2.05) is 0 Å². The number of hydrogen-bond acceptors (Lipinski definition) is 3.